The summed E-state index contributed by atoms with van der Waals surface area (Å²) in [5.74, 6) is 0.985. The summed E-state index contributed by atoms with van der Waals surface area (Å²) in [7, 11) is 0. The summed E-state index contributed by atoms with van der Waals surface area (Å²) < 4.78 is 13.9. The molecule has 0 amide bonds. The van der Waals surface area contributed by atoms with Gasteiger partial charge in [-0.3, -0.25) is 9.98 Å². The molecule has 0 unspecified atom stereocenters. The van der Waals surface area contributed by atoms with Crippen molar-refractivity contribution in [3.05, 3.63) is 64.5 Å². The Bertz CT molecular complexity index is 987. The highest BCUT2D eigenvalue weighted by Crippen LogP contribution is 2.31. The molecule has 2 aliphatic rings. The van der Waals surface area contributed by atoms with Crippen LogP contribution >= 0.6 is 28.1 Å². The third-order valence-corrected chi connectivity index (χ3v) is 5.68. The molecule has 0 bridgehead atoms. The van der Waals surface area contributed by atoms with Crippen molar-refractivity contribution in [2.45, 2.75) is 31.6 Å². The molecule has 0 spiro atoms. The van der Waals surface area contributed by atoms with Crippen molar-refractivity contribution < 1.29 is 3.89 Å². The molecule has 0 aliphatic carbocycles. The van der Waals surface area contributed by atoms with Gasteiger partial charge in [-0.1, -0.05) is 22.5 Å². The molecule has 6 nitrogen and oxygen atoms in total. The number of likely N-dealkylation sites (tertiary alicyclic amines) is 1. The fraction of sp³-hybridized carbons (Fsp3) is 0.318. The number of allylic oxidation sites excluding steroid dienone is 3. The topological polar surface area (TPSA) is 70.1 Å². The molecule has 2 N–H and O–H groups in total. The minimum atomic E-state index is 0.157. The number of amidine groups is 1. The lowest BCUT2D eigenvalue weighted by atomic mass is 10.2. The van der Waals surface area contributed by atoms with Crippen LogP contribution in [0.3, 0.4) is 0 Å². The predicted molar refractivity (Wildman–Crippen MR) is 132 cm³/mol. The Labute approximate surface area is 195 Å². The van der Waals surface area contributed by atoms with Gasteiger partial charge in [-0.05, 0) is 43.3 Å². The maximum absolute atomic E-state index is 12.9. The lowest BCUT2D eigenvalue weighted by molar-refractivity contribution is 0.516. The van der Waals surface area contributed by atoms with Crippen LogP contribution in [0.2, 0.25) is 0 Å². The monoisotopic (exact) mass is 504 g/mol. The molecule has 0 aromatic carbocycles. The third-order valence-electron chi connectivity index (χ3n) is 5.05. The molecule has 0 radical (unpaired) electrons. The van der Waals surface area contributed by atoms with Crippen LogP contribution < -0.4 is 10.6 Å². The Balaban J connectivity index is 1.80. The number of halogens is 2. The van der Waals surface area contributed by atoms with Crippen LogP contribution in [0.4, 0.5) is 9.57 Å². The molecule has 1 aromatic heterocycles. The van der Waals surface area contributed by atoms with Crippen molar-refractivity contribution in [1.82, 2.24) is 9.88 Å². The van der Waals surface area contributed by atoms with Gasteiger partial charge in [-0.25, -0.2) is 4.99 Å². The average molecular weight is 505 g/mol. The fourth-order valence-corrected chi connectivity index (χ4v) is 3.92. The first-order valence-electron chi connectivity index (χ1n) is 9.95. The summed E-state index contributed by atoms with van der Waals surface area (Å²) in [6.07, 6.45) is 10.9. The molecule has 31 heavy (non-hydrogen) atoms. The molecule has 1 aromatic rings. The number of hydrogen-bond donors (Lipinski definition) is 1. The lowest BCUT2D eigenvalue weighted by Crippen LogP contribution is -2.24. The zero-order valence-corrected chi connectivity index (χ0v) is 20.1. The van der Waals surface area contributed by atoms with Gasteiger partial charge in [-0.2, -0.15) is 3.89 Å². The summed E-state index contributed by atoms with van der Waals surface area (Å²) in [5.41, 5.74) is 9.77. The lowest BCUT2D eigenvalue weighted by Gasteiger charge is -2.20. The molecule has 2 aliphatic heterocycles. The van der Waals surface area contributed by atoms with Gasteiger partial charge in [0.25, 0.3) is 0 Å². The van der Waals surface area contributed by atoms with E-state index in [9.17, 15) is 3.89 Å². The normalized spacial score (nSPS) is 18.8. The highest BCUT2D eigenvalue weighted by atomic mass is 79.9. The molecule has 3 heterocycles. The van der Waals surface area contributed by atoms with Gasteiger partial charge in [0, 0.05) is 42.5 Å². The number of anilines is 1. The van der Waals surface area contributed by atoms with Gasteiger partial charge in [-0.15, -0.1) is 0 Å². The second kappa shape index (κ2) is 10.8. The quantitative estimate of drug-likeness (QED) is 0.322. The van der Waals surface area contributed by atoms with E-state index < -0.39 is 0 Å². The van der Waals surface area contributed by atoms with Crippen molar-refractivity contribution in [2.75, 3.05) is 24.5 Å². The molecule has 1 fully saturated rings. The van der Waals surface area contributed by atoms with E-state index in [1.165, 1.54) is 19.0 Å². The molecule has 1 saturated heterocycles. The second-order valence-electron chi connectivity index (χ2n) is 7.34. The zero-order chi connectivity index (χ0) is 22.4. The van der Waals surface area contributed by atoms with Crippen LogP contribution in [0.1, 0.15) is 26.7 Å². The Kier molecular flexibility index (Phi) is 8.09. The largest absolute Gasteiger partial charge is 0.400 e. The maximum Gasteiger partial charge on any atom is 0.101 e. The zero-order valence-electron chi connectivity index (χ0n) is 17.7. The van der Waals surface area contributed by atoms with E-state index in [4.69, 9.17) is 5.73 Å². The number of nitrogens with zero attached hydrogens (tertiary/aromatic N) is 5. The highest BCUT2D eigenvalue weighted by Gasteiger charge is 2.24. The van der Waals surface area contributed by atoms with Gasteiger partial charge in [0.15, 0.2) is 0 Å². The fourth-order valence-electron chi connectivity index (χ4n) is 3.42. The van der Waals surface area contributed by atoms with Crippen LogP contribution in [0.5, 0.6) is 0 Å². The number of aliphatic imine (C=N–C) groups is 2. The van der Waals surface area contributed by atoms with Crippen molar-refractivity contribution >= 4 is 45.8 Å². The Morgan fingerprint density at radius 2 is 2.06 bits per heavy atom. The Morgan fingerprint density at radius 3 is 2.74 bits per heavy atom. The minimum absolute atomic E-state index is 0.157. The van der Waals surface area contributed by atoms with Gasteiger partial charge in [0.05, 0.1) is 47.4 Å². The average Bonchev–Trinajstić information content (AvgIpc) is 3.38. The second-order valence-corrected chi connectivity index (χ2v) is 9.22. The Morgan fingerprint density at radius 1 is 1.32 bits per heavy atom. The number of nitrogens with two attached hydrogens (primary N) is 1. The molecular weight excluding hydrogens is 479 g/mol. The van der Waals surface area contributed by atoms with Gasteiger partial charge < -0.3 is 15.5 Å². The molecule has 0 saturated carbocycles. The first kappa shape index (κ1) is 23.3. The first-order valence-corrected chi connectivity index (χ1v) is 11.5. The molecule has 164 valence electrons. The minimum Gasteiger partial charge on any atom is -0.400 e. The van der Waals surface area contributed by atoms with Crippen LogP contribution in [0.15, 0.2) is 79.3 Å². The Hall–Kier alpha value is -2.39. The number of rotatable bonds is 6. The van der Waals surface area contributed by atoms with Crippen molar-refractivity contribution in [3.8, 4) is 0 Å². The van der Waals surface area contributed by atoms with E-state index in [1.54, 1.807) is 24.7 Å². The number of hydrogen-bond acceptors (Lipinski definition) is 6. The molecule has 3 rings (SSSR count). The van der Waals surface area contributed by atoms with E-state index in [1.807, 2.05) is 24.8 Å². The van der Waals surface area contributed by atoms with E-state index in [-0.39, 0.29) is 12.1 Å². The number of pyridine rings is 1. The molecular formula is C22H26BrFN6S. The predicted octanol–water partition coefficient (Wildman–Crippen LogP) is 5.33. The van der Waals surface area contributed by atoms with E-state index in [2.05, 4.69) is 42.4 Å². The summed E-state index contributed by atoms with van der Waals surface area (Å²) >= 11 is 3.62. The first-order chi connectivity index (χ1) is 14.9. The highest BCUT2D eigenvalue weighted by molar-refractivity contribution is 9.11. The van der Waals surface area contributed by atoms with Crippen LogP contribution in [0, 0.1) is 0 Å². The number of aromatic nitrogens is 1. The van der Waals surface area contributed by atoms with Crippen molar-refractivity contribution in [1.29, 1.82) is 0 Å². The van der Waals surface area contributed by atoms with Crippen molar-refractivity contribution in [2.24, 2.45) is 15.7 Å². The van der Waals surface area contributed by atoms with Gasteiger partial charge in [0.2, 0.25) is 0 Å². The smallest absolute Gasteiger partial charge is 0.101 e. The SMILES string of the molecule is C=C1C(C=NC(/C=C(\C)Br)=C/N=C(C)N2CCCC2)=C(N)CN1c1cncc(SF)c1. The maximum atomic E-state index is 12.9. The van der Waals surface area contributed by atoms with E-state index >= 15 is 0 Å². The summed E-state index contributed by atoms with van der Waals surface area (Å²) in [5, 5.41) is 0. The van der Waals surface area contributed by atoms with Crippen LogP contribution in [0.25, 0.3) is 0 Å². The van der Waals surface area contributed by atoms with Crippen molar-refractivity contribution in [3.63, 3.8) is 0 Å². The molecule has 9 heteroatoms. The van der Waals surface area contributed by atoms with E-state index in [0.717, 1.165) is 34.7 Å². The third kappa shape index (κ3) is 6.07. The summed E-state index contributed by atoms with van der Waals surface area (Å²) in [6.45, 7) is 10.6. The summed E-state index contributed by atoms with van der Waals surface area (Å²) in [6, 6.07) is 1.72. The van der Waals surface area contributed by atoms with Crippen LogP contribution in [-0.2, 0) is 0 Å². The summed E-state index contributed by atoms with van der Waals surface area (Å²) in [4.78, 5) is 17.9. The van der Waals surface area contributed by atoms with Gasteiger partial charge in [0.1, 0.15) is 5.84 Å². The van der Waals surface area contributed by atoms with Crippen LogP contribution in [-0.4, -0.2) is 41.6 Å². The van der Waals surface area contributed by atoms with E-state index in [0.29, 0.717) is 28.5 Å². The standard InChI is InChI=1S/C22H26BrFN6S/c1-15(23)8-18(10-27-17(3)29-6-4-5-7-29)28-13-21-16(2)30(14-22(21)25)19-9-20(31-24)12-26-11-19/h8-13H,2,4-7,14,25H2,1,3H3/b15-8+,18-10+,27-17?,28-13?. The van der Waals surface area contributed by atoms with Gasteiger partial charge >= 0.3 is 0 Å². The molecule has 0 atom stereocenters.